The van der Waals surface area contributed by atoms with Crippen molar-refractivity contribution in [3.63, 3.8) is 0 Å². The molecule has 1 amide bonds. The largest absolute Gasteiger partial charge is 0.396 e. The number of carbonyl (C=O) groups excluding carboxylic acids is 1. The summed E-state index contributed by atoms with van der Waals surface area (Å²) >= 11 is 9.88. The van der Waals surface area contributed by atoms with Gasteiger partial charge in [0.1, 0.15) is 6.61 Å². The number of benzene rings is 2. The third kappa shape index (κ3) is 5.61. The van der Waals surface area contributed by atoms with Crippen LogP contribution in [0.2, 0.25) is 5.02 Å². The quantitative estimate of drug-likeness (QED) is 0.232. The van der Waals surface area contributed by atoms with E-state index in [1.807, 2.05) is 30.0 Å². The van der Waals surface area contributed by atoms with Crippen molar-refractivity contribution < 1.29 is 9.63 Å². The molecule has 2 aliphatic rings. The number of hydrogen-bond donors (Lipinski definition) is 0. The van der Waals surface area contributed by atoms with Crippen LogP contribution in [0.3, 0.4) is 0 Å². The van der Waals surface area contributed by atoms with Crippen molar-refractivity contribution in [2.75, 3.05) is 32.8 Å². The minimum Gasteiger partial charge on any atom is -0.396 e. The Balaban J connectivity index is 1.22. The number of pyridine rings is 1. The lowest BCUT2D eigenvalue weighted by molar-refractivity contribution is 0.0162. The molecule has 0 unspecified atom stereocenters. The molecule has 2 saturated heterocycles. The van der Waals surface area contributed by atoms with Crippen LogP contribution in [-0.2, 0) is 4.84 Å². The molecule has 0 aliphatic carbocycles. The molecule has 0 spiro atoms. The van der Waals surface area contributed by atoms with E-state index in [9.17, 15) is 4.79 Å². The first-order valence-electron chi connectivity index (χ1n) is 13.4. The molecule has 0 radical (unpaired) electrons. The maximum Gasteiger partial charge on any atom is 0.256 e. The predicted molar refractivity (Wildman–Crippen MR) is 157 cm³/mol. The minimum absolute atomic E-state index is 0.0393. The first kappa shape index (κ1) is 27.1. The topological polar surface area (TPSA) is 58.0 Å². The summed E-state index contributed by atoms with van der Waals surface area (Å²) in [5.74, 6) is 0.410. The fourth-order valence-corrected chi connectivity index (χ4v) is 6.28. The normalized spacial score (nSPS) is 19.1. The Morgan fingerprint density at radius 3 is 2.50 bits per heavy atom. The van der Waals surface area contributed by atoms with Gasteiger partial charge in [-0.2, -0.15) is 0 Å². The van der Waals surface area contributed by atoms with Gasteiger partial charge in [0, 0.05) is 40.6 Å². The predicted octanol–water partition coefficient (Wildman–Crippen LogP) is 6.80. The molecule has 0 bridgehead atoms. The molecule has 3 aromatic rings. The molecule has 0 atom stereocenters. The number of halogens is 2. The van der Waals surface area contributed by atoms with E-state index >= 15 is 0 Å². The van der Waals surface area contributed by atoms with Crippen LogP contribution in [0.5, 0.6) is 0 Å². The van der Waals surface area contributed by atoms with Crippen molar-refractivity contribution >= 4 is 50.1 Å². The van der Waals surface area contributed by atoms with Crippen molar-refractivity contribution in [3.8, 4) is 0 Å². The standard InChI is InChI=1S/C30H34BrClN4O2/c1-3-38-34-27(21-7-9-23(31)10-8-21)22-12-17-36(18-13-22)30(2)14-19-35(20-15-30)29(37)25-6-4-5-24-26(32)11-16-33-28(24)25/h4-11,16,22H,3,12-15,17-20H2,1-2H3/b34-27-. The third-order valence-electron chi connectivity index (χ3n) is 8.15. The zero-order valence-corrected chi connectivity index (χ0v) is 24.3. The number of hydrogen-bond acceptors (Lipinski definition) is 5. The summed E-state index contributed by atoms with van der Waals surface area (Å²) in [6.45, 7) is 8.40. The Morgan fingerprint density at radius 1 is 1.11 bits per heavy atom. The lowest BCUT2D eigenvalue weighted by Gasteiger charge is -2.49. The molecule has 1 aromatic heterocycles. The Labute approximate surface area is 238 Å². The van der Waals surface area contributed by atoms with E-state index in [0.717, 1.165) is 73.0 Å². The number of oxime groups is 1. The summed E-state index contributed by atoms with van der Waals surface area (Å²) in [6, 6.07) is 15.8. The average Bonchev–Trinajstić information content (AvgIpc) is 2.94. The highest BCUT2D eigenvalue weighted by Crippen LogP contribution is 2.35. The minimum atomic E-state index is 0.0393. The van der Waals surface area contributed by atoms with Crippen molar-refractivity contribution in [1.29, 1.82) is 0 Å². The second-order valence-corrected chi connectivity index (χ2v) is 11.8. The molecular weight excluding hydrogens is 564 g/mol. The van der Waals surface area contributed by atoms with Gasteiger partial charge >= 0.3 is 0 Å². The van der Waals surface area contributed by atoms with Crippen molar-refractivity contribution in [3.05, 3.63) is 75.4 Å². The number of carbonyl (C=O) groups is 1. The molecule has 38 heavy (non-hydrogen) atoms. The second kappa shape index (κ2) is 11.7. The molecule has 0 N–H and O–H groups in total. The van der Waals surface area contributed by atoms with Gasteiger partial charge in [0.05, 0.1) is 21.8 Å². The number of fused-ring (bicyclic) bond motifs is 1. The van der Waals surface area contributed by atoms with Gasteiger partial charge in [-0.25, -0.2) is 0 Å². The Morgan fingerprint density at radius 2 is 1.82 bits per heavy atom. The summed E-state index contributed by atoms with van der Waals surface area (Å²) in [6.07, 6.45) is 5.66. The van der Waals surface area contributed by atoms with Gasteiger partial charge in [-0.3, -0.25) is 14.7 Å². The molecule has 8 heteroatoms. The van der Waals surface area contributed by atoms with E-state index < -0.39 is 0 Å². The van der Waals surface area contributed by atoms with Gasteiger partial charge in [-0.15, -0.1) is 0 Å². The summed E-state index contributed by atoms with van der Waals surface area (Å²) in [4.78, 5) is 28.1. The van der Waals surface area contributed by atoms with Crippen LogP contribution in [0.15, 0.2) is 64.4 Å². The maximum absolute atomic E-state index is 13.5. The van der Waals surface area contributed by atoms with Crippen LogP contribution < -0.4 is 0 Å². The van der Waals surface area contributed by atoms with Gasteiger partial charge in [0.2, 0.25) is 0 Å². The highest BCUT2D eigenvalue weighted by atomic mass is 79.9. The average molecular weight is 598 g/mol. The van der Waals surface area contributed by atoms with Crippen LogP contribution >= 0.6 is 27.5 Å². The van der Waals surface area contributed by atoms with Gasteiger partial charge in [-0.1, -0.05) is 57.0 Å². The molecule has 0 saturated carbocycles. The van der Waals surface area contributed by atoms with Crippen LogP contribution in [0.4, 0.5) is 0 Å². The number of para-hydroxylation sites is 1. The zero-order chi connectivity index (χ0) is 26.7. The van der Waals surface area contributed by atoms with Gasteiger partial charge in [-0.05, 0) is 82.4 Å². The molecule has 2 fully saturated rings. The van der Waals surface area contributed by atoms with Crippen LogP contribution in [0, 0.1) is 5.92 Å². The molecule has 2 aliphatic heterocycles. The SMILES string of the molecule is CCO/N=C(/c1ccc(Br)cc1)C1CCN(C2(C)CCN(C(=O)c3cccc4c(Cl)ccnc34)CC2)CC1. The summed E-state index contributed by atoms with van der Waals surface area (Å²) < 4.78 is 1.06. The Hall–Kier alpha value is -2.48. The van der Waals surface area contributed by atoms with E-state index in [1.54, 1.807) is 12.3 Å². The highest BCUT2D eigenvalue weighted by Gasteiger charge is 2.39. The fourth-order valence-electron chi connectivity index (χ4n) is 5.80. The summed E-state index contributed by atoms with van der Waals surface area (Å²) in [5, 5.41) is 5.97. The van der Waals surface area contributed by atoms with Gasteiger partial charge in [0.25, 0.3) is 5.91 Å². The second-order valence-electron chi connectivity index (χ2n) is 10.4. The Kier molecular flexibility index (Phi) is 8.36. The van der Waals surface area contributed by atoms with E-state index in [2.05, 4.69) is 62.2 Å². The monoisotopic (exact) mass is 596 g/mol. The van der Waals surface area contributed by atoms with Crippen LogP contribution in [0.25, 0.3) is 10.9 Å². The third-order valence-corrected chi connectivity index (χ3v) is 9.01. The summed E-state index contributed by atoms with van der Waals surface area (Å²) in [7, 11) is 0. The van der Waals surface area contributed by atoms with Crippen molar-refractivity contribution in [2.24, 2.45) is 11.1 Å². The summed E-state index contributed by atoms with van der Waals surface area (Å²) in [5.41, 5.74) is 3.56. The van der Waals surface area contributed by atoms with Crippen LogP contribution in [0.1, 0.15) is 55.5 Å². The molecule has 6 nitrogen and oxygen atoms in total. The van der Waals surface area contributed by atoms with E-state index in [-0.39, 0.29) is 11.4 Å². The number of nitrogens with zero attached hydrogens (tertiary/aromatic N) is 4. The molecule has 200 valence electrons. The highest BCUT2D eigenvalue weighted by molar-refractivity contribution is 9.10. The number of aromatic nitrogens is 1. The molecule has 5 rings (SSSR count). The molecular formula is C30H34BrClN4O2. The van der Waals surface area contributed by atoms with E-state index in [0.29, 0.717) is 28.6 Å². The van der Waals surface area contributed by atoms with Crippen LogP contribution in [-0.4, -0.2) is 64.7 Å². The van der Waals surface area contributed by atoms with Crippen molar-refractivity contribution in [1.82, 2.24) is 14.8 Å². The lowest BCUT2D eigenvalue weighted by Crippen LogP contribution is -2.56. The van der Waals surface area contributed by atoms with Crippen molar-refractivity contribution in [2.45, 2.75) is 45.1 Å². The number of rotatable bonds is 6. The maximum atomic E-state index is 13.5. The first-order chi connectivity index (χ1) is 18.4. The first-order valence-corrected chi connectivity index (χ1v) is 14.6. The smallest absolute Gasteiger partial charge is 0.256 e. The Bertz CT molecular complexity index is 1310. The lowest BCUT2D eigenvalue weighted by atomic mass is 9.82. The number of likely N-dealkylation sites (tertiary alicyclic amines) is 2. The molecule has 2 aromatic carbocycles. The van der Waals surface area contributed by atoms with E-state index in [1.165, 1.54) is 0 Å². The van der Waals surface area contributed by atoms with Gasteiger partial charge < -0.3 is 9.74 Å². The van der Waals surface area contributed by atoms with E-state index in [4.69, 9.17) is 16.4 Å². The zero-order valence-electron chi connectivity index (χ0n) is 22.0. The fraction of sp³-hybridized carbons (Fsp3) is 0.433. The molecule has 3 heterocycles. The number of amides is 1. The number of piperidine rings is 2. The van der Waals surface area contributed by atoms with Gasteiger partial charge in [0.15, 0.2) is 0 Å².